The Morgan fingerprint density at radius 3 is 2.23 bits per heavy atom. The number of rotatable bonds is 4. The first kappa shape index (κ1) is 20.0. The zero-order chi connectivity index (χ0) is 23.2. The summed E-state index contributed by atoms with van der Waals surface area (Å²) < 4.78 is 0. The summed E-state index contributed by atoms with van der Waals surface area (Å²) in [6.45, 7) is 0. The quantitative estimate of drug-likeness (QED) is 0.275. The maximum absolute atomic E-state index is 4.28. The molecule has 1 aromatic heterocycles. The van der Waals surface area contributed by atoms with Gasteiger partial charge in [-0.15, -0.1) is 0 Å². The van der Waals surface area contributed by atoms with E-state index in [0.717, 1.165) is 24.1 Å². The summed E-state index contributed by atoms with van der Waals surface area (Å²) in [5, 5.41) is 2.86. The Balaban J connectivity index is 1.36. The highest BCUT2D eigenvalue weighted by atomic mass is 15.1. The highest BCUT2D eigenvalue weighted by molar-refractivity contribution is 6.03. The van der Waals surface area contributed by atoms with Crippen LogP contribution in [0, 0.1) is 0 Å². The van der Waals surface area contributed by atoms with E-state index in [-0.39, 0.29) is 0 Å². The number of aromatic nitrogens is 1. The van der Waals surface area contributed by atoms with Crippen LogP contribution in [0.3, 0.4) is 0 Å². The second kappa shape index (κ2) is 8.11. The summed E-state index contributed by atoms with van der Waals surface area (Å²) in [7, 11) is 0. The van der Waals surface area contributed by atoms with Crippen LogP contribution in [0.4, 0.5) is 11.4 Å². The van der Waals surface area contributed by atoms with Crippen molar-refractivity contribution in [2.75, 3.05) is 4.90 Å². The first-order valence-electron chi connectivity index (χ1n) is 12.2. The van der Waals surface area contributed by atoms with E-state index in [1.165, 1.54) is 50.0 Å². The van der Waals surface area contributed by atoms with Gasteiger partial charge in [0.2, 0.25) is 0 Å². The van der Waals surface area contributed by atoms with Gasteiger partial charge in [0.1, 0.15) is 0 Å². The Morgan fingerprint density at radius 1 is 0.629 bits per heavy atom. The molecule has 5 aromatic rings. The summed E-state index contributed by atoms with van der Waals surface area (Å²) in [6, 6.07) is 32.8. The lowest BCUT2D eigenvalue weighted by molar-refractivity contribution is 1.05. The van der Waals surface area contributed by atoms with E-state index in [9.17, 15) is 0 Å². The second-order valence-electron chi connectivity index (χ2n) is 9.26. The zero-order valence-corrected chi connectivity index (χ0v) is 19.4. The molecule has 0 radical (unpaired) electrons. The molecule has 4 aromatic carbocycles. The summed E-state index contributed by atoms with van der Waals surface area (Å²) in [4.78, 5) is 6.68. The van der Waals surface area contributed by atoms with Crippen molar-refractivity contribution in [3.63, 3.8) is 0 Å². The minimum atomic E-state index is 0.899. The number of para-hydroxylation sites is 1. The van der Waals surface area contributed by atoms with Gasteiger partial charge in [-0.2, -0.15) is 0 Å². The Hall–Kier alpha value is -4.43. The Morgan fingerprint density at radius 2 is 1.40 bits per heavy atom. The molecule has 35 heavy (non-hydrogen) atoms. The molecular formula is C33H24N2. The van der Waals surface area contributed by atoms with Gasteiger partial charge in [-0.3, -0.25) is 4.98 Å². The first-order chi connectivity index (χ1) is 17.3. The molecule has 2 aliphatic carbocycles. The van der Waals surface area contributed by atoms with Crippen LogP contribution in [0.1, 0.15) is 22.3 Å². The third kappa shape index (κ3) is 3.38. The number of nitrogens with zero attached hydrogens (tertiary/aromatic N) is 2. The van der Waals surface area contributed by atoms with Gasteiger partial charge in [-0.1, -0.05) is 72.8 Å². The largest absolute Gasteiger partial charge is 0.314 e. The molecule has 1 heterocycles. The van der Waals surface area contributed by atoms with Gasteiger partial charge in [0, 0.05) is 35.9 Å². The molecule has 0 saturated heterocycles. The van der Waals surface area contributed by atoms with Crippen molar-refractivity contribution in [3.05, 3.63) is 137 Å². The Kier molecular flexibility index (Phi) is 4.63. The minimum absolute atomic E-state index is 0.899. The summed E-state index contributed by atoms with van der Waals surface area (Å²) in [5.74, 6) is 0. The topological polar surface area (TPSA) is 16.1 Å². The average Bonchev–Trinajstić information content (AvgIpc) is 2.93. The summed E-state index contributed by atoms with van der Waals surface area (Å²) in [5.41, 5.74) is 11.4. The van der Waals surface area contributed by atoms with Crippen LogP contribution in [0.25, 0.3) is 34.1 Å². The molecule has 2 aliphatic rings. The fourth-order valence-electron chi connectivity index (χ4n) is 5.55. The molecule has 2 nitrogen and oxygen atoms in total. The van der Waals surface area contributed by atoms with E-state index in [1.54, 1.807) is 0 Å². The van der Waals surface area contributed by atoms with E-state index < -0.39 is 0 Å². The maximum Gasteiger partial charge on any atom is 0.0458 e. The van der Waals surface area contributed by atoms with Crippen LogP contribution in [0.15, 0.2) is 115 Å². The normalized spacial score (nSPS) is 13.5. The van der Waals surface area contributed by atoms with Crippen LogP contribution in [0.5, 0.6) is 0 Å². The SMILES string of the molecule is C1=Cc2ccc3c4c(ccc(c24)C1)CC(N(c1ccccc1)c1ccc(-c2cccnc2)cc1)=C3. The number of allylic oxidation sites excluding steroid dienone is 2. The van der Waals surface area contributed by atoms with E-state index in [4.69, 9.17) is 0 Å². The van der Waals surface area contributed by atoms with Crippen molar-refractivity contribution >= 4 is 34.3 Å². The van der Waals surface area contributed by atoms with Crippen molar-refractivity contribution in [1.82, 2.24) is 4.98 Å². The standard InChI is InChI=1S/C33H24N2/c1-2-9-29(10-3-1)35(30-17-15-23(16-18-30)28-8-5-19-34-22-28)31-20-26-13-11-24-6-4-7-25-12-14-27(21-31)33(26)32(24)25/h1-6,8-20,22H,7,21H2. The van der Waals surface area contributed by atoms with Gasteiger partial charge in [-0.05, 0) is 87.0 Å². The number of pyridine rings is 1. The van der Waals surface area contributed by atoms with Gasteiger partial charge < -0.3 is 4.90 Å². The van der Waals surface area contributed by atoms with E-state index in [2.05, 4.69) is 113 Å². The molecule has 0 atom stereocenters. The highest BCUT2D eigenvalue weighted by Crippen LogP contribution is 2.41. The van der Waals surface area contributed by atoms with Crippen LogP contribution in [0.2, 0.25) is 0 Å². The molecule has 0 bridgehead atoms. The summed E-state index contributed by atoms with van der Waals surface area (Å²) >= 11 is 0. The zero-order valence-electron chi connectivity index (χ0n) is 19.4. The molecule has 166 valence electrons. The maximum atomic E-state index is 4.28. The molecule has 0 amide bonds. The fourth-order valence-corrected chi connectivity index (χ4v) is 5.55. The molecule has 0 saturated carbocycles. The van der Waals surface area contributed by atoms with E-state index in [1.807, 2.05) is 18.5 Å². The van der Waals surface area contributed by atoms with Gasteiger partial charge in [0.25, 0.3) is 0 Å². The Labute approximate surface area is 205 Å². The van der Waals surface area contributed by atoms with E-state index in [0.29, 0.717) is 0 Å². The molecule has 0 spiro atoms. The highest BCUT2D eigenvalue weighted by Gasteiger charge is 2.23. The van der Waals surface area contributed by atoms with Gasteiger partial charge in [0.05, 0.1) is 0 Å². The average molecular weight is 449 g/mol. The first-order valence-corrected chi connectivity index (χ1v) is 12.2. The fraction of sp³-hybridized carbons (Fsp3) is 0.0606. The van der Waals surface area contributed by atoms with E-state index >= 15 is 0 Å². The van der Waals surface area contributed by atoms with Gasteiger partial charge in [0.15, 0.2) is 0 Å². The molecule has 2 heteroatoms. The molecule has 7 rings (SSSR count). The Bertz CT molecular complexity index is 1610. The lowest BCUT2D eigenvalue weighted by Crippen LogP contribution is -2.20. The molecular weight excluding hydrogens is 424 g/mol. The molecule has 0 N–H and O–H groups in total. The second-order valence-corrected chi connectivity index (χ2v) is 9.26. The van der Waals surface area contributed by atoms with Crippen molar-refractivity contribution in [1.29, 1.82) is 0 Å². The van der Waals surface area contributed by atoms with Crippen molar-refractivity contribution in [2.24, 2.45) is 0 Å². The van der Waals surface area contributed by atoms with Crippen LogP contribution >= 0.6 is 0 Å². The van der Waals surface area contributed by atoms with Crippen LogP contribution < -0.4 is 4.90 Å². The predicted octanol–water partition coefficient (Wildman–Crippen LogP) is 8.21. The van der Waals surface area contributed by atoms with Crippen molar-refractivity contribution < 1.29 is 0 Å². The van der Waals surface area contributed by atoms with Crippen LogP contribution in [-0.4, -0.2) is 4.98 Å². The number of hydrogen-bond acceptors (Lipinski definition) is 2. The number of benzene rings is 4. The lowest BCUT2D eigenvalue weighted by Gasteiger charge is -2.31. The number of hydrogen-bond donors (Lipinski definition) is 0. The molecule has 0 fully saturated rings. The minimum Gasteiger partial charge on any atom is -0.314 e. The summed E-state index contributed by atoms with van der Waals surface area (Å²) in [6.07, 6.45) is 12.6. The lowest BCUT2D eigenvalue weighted by atomic mass is 9.84. The van der Waals surface area contributed by atoms with Crippen LogP contribution in [-0.2, 0) is 12.8 Å². The predicted molar refractivity (Wildman–Crippen MR) is 147 cm³/mol. The monoisotopic (exact) mass is 448 g/mol. The molecule has 0 unspecified atom stereocenters. The third-order valence-electron chi connectivity index (χ3n) is 7.15. The van der Waals surface area contributed by atoms with Gasteiger partial charge >= 0.3 is 0 Å². The van der Waals surface area contributed by atoms with Gasteiger partial charge in [-0.25, -0.2) is 0 Å². The third-order valence-corrected chi connectivity index (χ3v) is 7.15. The number of anilines is 2. The van der Waals surface area contributed by atoms with Crippen molar-refractivity contribution in [2.45, 2.75) is 12.8 Å². The smallest absolute Gasteiger partial charge is 0.0458 e. The molecule has 0 aliphatic heterocycles. The van der Waals surface area contributed by atoms with Crippen molar-refractivity contribution in [3.8, 4) is 11.1 Å².